The second-order valence-electron chi connectivity index (χ2n) is 5.87. The van der Waals surface area contributed by atoms with Crippen LogP contribution in [0.1, 0.15) is 39.5 Å². The largest absolute Gasteiger partial charge is 0.385 e. The number of rotatable bonds is 9. The molecule has 0 radical (unpaired) electrons. The van der Waals surface area contributed by atoms with Crippen LogP contribution in [0.3, 0.4) is 0 Å². The topological polar surface area (TPSA) is 24.1 Å². The molecule has 0 aliphatic carbocycles. The zero-order chi connectivity index (χ0) is 15.6. The predicted molar refractivity (Wildman–Crippen MR) is 98.0 cm³/mol. The summed E-state index contributed by atoms with van der Waals surface area (Å²) in [5.41, 5.74) is 3.43. The Morgan fingerprint density at radius 1 is 0.864 bits per heavy atom. The molecule has 1 atom stereocenters. The molecule has 0 fully saturated rings. The van der Waals surface area contributed by atoms with Gasteiger partial charge < -0.3 is 10.6 Å². The van der Waals surface area contributed by atoms with Gasteiger partial charge in [0.2, 0.25) is 0 Å². The lowest BCUT2D eigenvalue weighted by Crippen LogP contribution is -2.13. The third kappa shape index (κ3) is 5.44. The van der Waals surface area contributed by atoms with E-state index in [0.29, 0.717) is 0 Å². The van der Waals surface area contributed by atoms with Gasteiger partial charge in [0.05, 0.1) is 0 Å². The lowest BCUT2D eigenvalue weighted by Gasteiger charge is -2.17. The Morgan fingerprint density at radius 2 is 1.59 bits per heavy atom. The molecule has 0 amide bonds. The molecule has 1 unspecified atom stereocenters. The first kappa shape index (κ1) is 16.4. The third-order valence-electron chi connectivity index (χ3n) is 4.06. The van der Waals surface area contributed by atoms with Gasteiger partial charge in [-0.1, -0.05) is 57.4 Å². The van der Waals surface area contributed by atoms with E-state index in [4.69, 9.17) is 0 Å². The maximum atomic E-state index is 3.59. The molecule has 2 rings (SSSR count). The summed E-state index contributed by atoms with van der Waals surface area (Å²) in [4.78, 5) is 0. The van der Waals surface area contributed by atoms with E-state index in [2.05, 4.69) is 60.9 Å². The van der Waals surface area contributed by atoms with Crippen LogP contribution >= 0.6 is 0 Å². The minimum atomic E-state index is 0.769. The summed E-state index contributed by atoms with van der Waals surface area (Å²) >= 11 is 0. The van der Waals surface area contributed by atoms with Gasteiger partial charge in [0.25, 0.3) is 0 Å². The van der Waals surface area contributed by atoms with Crippen LogP contribution in [0.4, 0.5) is 17.1 Å². The van der Waals surface area contributed by atoms with Crippen molar-refractivity contribution in [2.75, 3.05) is 17.2 Å². The molecule has 0 aromatic heterocycles. The predicted octanol–water partition coefficient (Wildman–Crippen LogP) is 6.06. The van der Waals surface area contributed by atoms with Gasteiger partial charge in [-0.15, -0.1) is 0 Å². The minimum Gasteiger partial charge on any atom is -0.385 e. The summed E-state index contributed by atoms with van der Waals surface area (Å²) in [6.07, 6.45) is 5.18. The minimum absolute atomic E-state index is 0.769. The number of para-hydroxylation sites is 1. The fourth-order valence-corrected chi connectivity index (χ4v) is 2.60. The van der Waals surface area contributed by atoms with Crippen molar-refractivity contribution in [3.05, 3.63) is 54.6 Å². The van der Waals surface area contributed by atoms with E-state index in [1.165, 1.54) is 31.4 Å². The zero-order valence-electron chi connectivity index (χ0n) is 13.8. The molecule has 2 aromatic rings. The van der Waals surface area contributed by atoms with Crippen LogP contribution in [-0.4, -0.2) is 6.54 Å². The van der Waals surface area contributed by atoms with Crippen molar-refractivity contribution in [2.24, 2.45) is 5.92 Å². The van der Waals surface area contributed by atoms with Crippen molar-refractivity contribution in [1.29, 1.82) is 0 Å². The number of hydrogen-bond donors (Lipinski definition) is 2. The average Bonchev–Trinajstić information content (AvgIpc) is 2.56. The molecule has 0 bridgehead atoms. The van der Waals surface area contributed by atoms with Crippen LogP contribution in [-0.2, 0) is 0 Å². The normalized spacial score (nSPS) is 11.9. The lowest BCUT2D eigenvalue weighted by atomic mass is 9.99. The van der Waals surface area contributed by atoms with Crippen molar-refractivity contribution in [3.8, 4) is 0 Å². The number of benzene rings is 2. The molecule has 2 aromatic carbocycles. The summed E-state index contributed by atoms with van der Waals surface area (Å²) in [6, 6.07) is 18.8. The summed E-state index contributed by atoms with van der Waals surface area (Å²) in [5.74, 6) is 0.769. The van der Waals surface area contributed by atoms with Gasteiger partial charge in [0, 0.05) is 23.6 Å². The van der Waals surface area contributed by atoms with Crippen LogP contribution in [0.25, 0.3) is 0 Å². The summed E-state index contributed by atoms with van der Waals surface area (Å²) in [5, 5.41) is 7.03. The first-order valence-corrected chi connectivity index (χ1v) is 8.47. The molecule has 2 N–H and O–H groups in total. The Labute approximate surface area is 135 Å². The summed E-state index contributed by atoms with van der Waals surface area (Å²) < 4.78 is 0. The van der Waals surface area contributed by atoms with Gasteiger partial charge in [0.15, 0.2) is 0 Å². The van der Waals surface area contributed by atoms with Crippen molar-refractivity contribution in [3.63, 3.8) is 0 Å². The Bertz CT molecular complexity index is 536. The van der Waals surface area contributed by atoms with E-state index in [1.807, 2.05) is 18.2 Å². The Morgan fingerprint density at radius 3 is 2.32 bits per heavy atom. The fraction of sp³-hybridized carbons (Fsp3) is 0.400. The van der Waals surface area contributed by atoms with Crippen LogP contribution in [0, 0.1) is 5.92 Å². The zero-order valence-corrected chi connectivity index (χ0v) is 13.8. The van der Waals surface area contributed by atoms with Gasteiger partial charge >= 0.3 is 0 Å². The first-order valence-electron chi connectivity index (χ1n) is 8.47. The number of anilines is 3. The Hall–Kier alpha value is -1.96. The van der Waals surface area contributed by atoms with Gasteiger partial charge in [0.1, 0.15) is 0 Å². The van der Waals surface area contributed by atoms with Gasteiger partial charge in [-0.05, 0) is 42.7 Å². The van der Waals surface area contributed by atoms with Crippen molar-refractivity contribution >= 4 is 17.1 Å². The first-order chi connectivity index (χ1) is 10.8. The molecule has 2 heteroatoms. The molecule has 0 heterocycles. The smallest absolute Gasteiger partial charge is 0.0404 e. The van der Waals surface area contributed by atoms with Crippen LogP contribution in [0.2, 0.25) is 0 Å². The van der Waals surface area contributed by atoms with Gasteiger partial charge in [-0.2, -0.15) is 0 Å². The number of hydrogen-bond acceptors (Lipinski definition) is 2. The molecule has 0 saturated carbocycles. The Balaban J connectivity index is 1.91. The fourth-order valence-electron chi connectivity index (χ4n) is 2.60. The lowest BCUT2D eigenvalue weighted by molar-refractivity contribution is 0.473. The quantitative estimate of drug-likeness (QED) is 0.588. The highest BCUT2D eigenvalue weighted by molar-refractivity contribution is 5.64. The molecular weight excluding hydrogens is 268 g/mol. The number of unbranched alkanes of at least 4 members (excludes halogenated alkanes) is 1. The van der Waals surface area contributed by atoms with Crippen LogP contribution in [0.15, 0.2) is 54.6 Å². The Kier molecular flexibility index (Phi) is 6.82. The van der Waals surface area contributed by atoms with E-state index in [1.54, 1.807) is 0 Å². The molecule has 118 valence electrons. The summed E-state index contributed by atoms with van der Waals surface area (Å²) in [6.45, 7) is 5.61. The molecule has 0 aliphatic rings. The third-order valence-corrected chi connectivity index (χ3v) is 4.06. The standard InChI is InChI=1S/C20H28N2/c1-3-5-10-17(4-2)16-21-19-13-9-14-20(15-19)22-18-11-7-6-8-12-18/h6-9,11-15,17,21-22H,3-5,10,16H2,1-2H3. The van der Waals surface area contributed by atoms with Crippen LogP contribution in [0.5, 0.6) is 0 Å². The van der Waals surface area contributed by atoms with Gasteiger partial charge in [-0.3, -0.25) is 0 Å². The van der Waals surface area contributed by atoms with E-state index in [-0.39, 0.29) is 0 Å². The highest BCUT2D eigenvalue weighted by atomic mass is 14.9. The van der Waals surface area contributed by atoms with E-state index in [9.17, 15) is 0 Å². The van der Waals surface area contributed by atoms with Crippen molar-refractivity contribution < 1.29 is 0 Å². The monoisotopic (exact) mass is 296 g/mol. The molecule has 0 saturated heterocycles. The highest BCUT2D eigenvalue weighted by Crippen LogP contribution is 2.21. The SMILES string of the molecule is CCCCC(CC)CNc1cccc(Nc2ccccc2)c1. The van der Waals surface area contributed by atoms with Crippen molar-refractivity contribution in [1.82, 2.24) is 0 Å². The molecule has 2 nitrogen and oxygen atoms in total. The highest BCUT2D eigenvalue weighted by Gasteiger charge is 2.05. The number of nitrogens with one attached hydrogen (secondary N) is 2. The average molecular weight is 296 g/mol. The van der Waals surface area contributed by atoms with E-state index < -0.39 is 0 Å². The molecule has 22 heavy (non-hydrogen) atoms. The second kappa shape index (κ2) is 9.14. The molecule has 0 spiro atoms. The van der Waals surface area contributed by atoms with E-state index >= 15 is 0 Å². The maximum absolute atomic E-state index is 3.59. The second-order valence-corrected chi connectivity index (χ2v) is 5.87. The van der Waals surface area contributed by atoms with Gasteiger partial charge in [-0.25, -0.2) is 0 Å². The summed E-state index contributed by atoms with van der Waals surface area (Å²) in [7, 11) is 0. The molecule has 0 aliphatic heterocycles. The van der Waals surface area contributed by atoms with Crippen LogP contribution < -0.4 is 10.6 Å². The van der Waals surface area contributed by atoms with E-state index in [0.717, 1.165) is 23.8 Å². The molecular formula is C20H28N2. The maximum Gasteiger partial charge on any atom is 0.0404 e. The van der Waals surface area contributed by atoms with Crippen molar-refractivity contribution in [2.45, 2.75) is 39.5 Å².